The summed E-state index contributed by atoms with van der Waals surface area (Å²) in [6, 6.07) is 6.07. The Labute approximate surface area is 124 Å². The first-order valence-electron chi connectivity index (χ1n) is 6.90. The molecule has 2 rings (SSSR count). The van der Waals surface area contributed by atoms with Crippen molar-refractivity contribution in [2.24, 2.45) is 7.05 Å². The number of thiophene rings is 1. The summed E-state index contributed by atoms with van der Waals surface area (Å²) in [6.45, 7) is 8.53. The Morgan fingerprint density at radius 2 is 2.05 bits per heavy atom. The number of Topliss-reactive ketones (excluding diaryl/α,β-unsaturated/α-hetero) is 1. The van der Waals surface area contributed by atoms with E-state index in [2.05, 4.69) is 31.9 Å². The van der Waals surface area contributed by atoms with E-state index in [-0.39, 0.29) is 11.2 Å². The quantitative estimate of drug-likeness (QED) is 0.800. The molecule has 0 amide bonds. The van der Waals surface area contributed by atoms with Crippen LogP contribution < -0.4 is 0 Å². The summed E-state index contributed by atoms with van der Waals surface area (Å²) in [4.78, 5) is 14.3. The minimum Gasteiger partial charge on any atom is -0.293 e. The fraction of sp³-hybridized carbons (Fsp3) is 0.500. The molecule has 0 radical (unpaired) electrons. The Kier molecular flexibility index (Phi) is 4.14. The lowest BCUT2D eigenvalue weighted by molar-refractivity contribution is 0.0986. The largest absolute Gasteiger partial charge is 0.293 e. The van der Waals surface area contributed by atoms with Crippen LogP contribution in [0.4, 0.5) is 0 Å². The molecule has 2 aromatic rings. The molecule has 0 fully saturated rings. The van der Waals surface area contributed by atoms with Crippen molar-refractivity contribution in [2.45, 2.75) is 46.0 Å². The second-order valence-electron chi connectivity index (χ2n) is 6.24. The van der Waals surface area contributed by atoms with Crippen molar-refractivity contribution in [3.63, 3.8) is 0 Å². The number of carbonyl (C=O) groups excluding carboxylic acids is 1. The van der Waals surface area contributed by atoms with Gasteiger partial charge < -0.3 is 0 Å². The number of nitrogens with zero attached hydrogens (tertiary/aromatic N) is 2. The van der Waals surface area contributed by atoms with Crippen LogP contribution >= 0.6 is 11.3 Å². The van der Waals surface area contributed by atoms with Crippen LogP contribution in [0.1, 0.15) is 53.1 Å². The van der Waals surface area contributed by atoms with Crippen LogP contribution in [0.3, 0.4) is 0 Å². The molecule has 20 heavy (non-hydrogen) atoms. The molecule has 4 heteroatoms. The smallest absolute Gasteiger partial charge is 0.173 e. The van der Waals surface area contributed by atoms with Gasteiger partial charge in [-0.1, -0.05) is 20.8 Å². The highest BCUT2D eigenvalue weighted by molar-refractivity contribution is 7.14. The SMILES string of the molecule is Cc1cc(CCC(=O)c2ccc(C(C)(C)C)s2)nn1C. The topological polar surface area (TPSA) is 34.9 Å². The first-order chi connectivity index (χ1) is 9.27. The predicted octanol–water partition coefficient (Wildman–Crippen LogP) is 3.90. The van der Waals surface area contributed by atoms with Crippen LogP contribution in [-0.4, -0.2) is 15.6 Å². The molecule has 0 bridgehead atoms. The van der Waals surface area contributed by atoms with Crippen molar-refractivity contribution in [1.82, 2.24) is 9.78 Å². The monoisotopic (exact) mass is 290 g/mol. The number of hydrogen-bond donors (Lipinski definition) is 0. The van der Waals surface area contributed by atoms with E-state index in [0.717, 1.165) is 16.3 Å². The fourth-order valence-corrected chi connectivity index (χ4v) is 3.04. The molecule has 3 nitrogen and oxygen atoms in total. The Morgan fingerprint density at radius 1 is 1.35 bits per heavy atom. The number of aromatic nitrogens is 2. The van der Waals surface area contributed by atoms with Gasteiger partial charge in [0.15, 0.2) is 5.78 Å². The lowest BCUT2D eigenvalue weighted by atomic mass is 9.95. The van der Waals surface area contributed by atoms with Gasteiger partial charge in [-0.15, -0.1) is 11.3 Å². The second kappa shape index (κ2) is 5.52. The summed E-state index contributed by atoms with van der Waals surface area (Å²) < 4.78 is 1.85. The van der Waals surface area contributed by atoms with Crippen molar-refractivity contribution < 1.29 is 4.79 Å². The van der Waals surface area contributed by atoms with Crippen LogP contribution in [0.15, 0.2) is 18.2 Å². The highest BCUT2D eigenvalue weighted by atomic mass is 32.1. The molecule has 0 aliphatic carbocycles. The summed E-state index contributed by atoms with van der Waals surface area (Å²) >= 11 is 1.62. The van der Waals surface area contributed by atoms with E-state index in [1.807, 2.05) is 30.8 Å². The molecular weight excluding hydrogens is 268 g/mol. The standard InChI is InChI=1S/C16H22N2OS/c1-11-10-12(17-18(11)5)6-7-13(19)14-8-9-15(20-14)16(2,3)4/h8-10H,6-7H2,1-5H3. The molecule has 0 atom stereocenters. The van der Waals surface area contributed by atoms with E-state index in [4.69, 9.17) is 0 Å². The minimum atomic E-state index is 0.112. The zero-order chi connectivity index (χ0) is 14.9. The maximum absolute atomic E-state index is 12.2. The van der Waals surface area contributed by atoms with Gasteiger partial charge in [-0.05, 0) is 37.0 Å². The lowest BCUT2D eigenvalue weighted by Gasteiger charge is -2.15. The highest BCUT2D eigenvalue weighted by Gasteiger charge is 2.18. The normalized spacial score (nSPS) is 11.8. The summed E-state index contributed by atoms with van der Waals surface area (Å²) in [5.74, 6) is 0.216. The minimum absolute atomic E-state index is 0.112. The van der Waals surface area contributed by atoms with Crippen LogP contribution in [0, 0.1) is 6.92 Å². The molecule has 0 saturated heterocycles. The van der Waals surface area contributed by atoms with Crippen LogP contribution in [0.5, 0.6) is 0 Å². The molecule has 2 aromatic heterocycles. The van der Waals surface area contributed by atoms with Gasteiger partial charge in [0.2, 0.25) is 0 Å². The maximum atomic E-state index is 12.2. The summed E-state index contributed by atoms with van der Waals surface area (Å²) in [5, 5.41) is 4.39. The maximum Gasteiger partial charge on any atom is 0.173 e. The van der Waals surface area contributed by atoms with E-state index in [1.54, 1.807) is 11.3 Å². The second-order valence-corrected chi connectivity index (χ2v) is 7.32. The molecule has 0 aliphatic heterocycles. The third kappa shape index (κ3) is 3.37. The number of ketones is 1. The van der Waals surface area contributed by atoms with Gasteiger partial charge in [0, 0.05) is 24.0 Å². The van der Waals surface area contributed by atoms with Crippen LogP contribution in [0.25, 0.3) is 0 Å². The van der Waals surface area contributed by atoms with Gasteiger partial charge >= 0.3 is 0 Å². The Morgan fingerprint density at radius 3 is 2.55 bits per heavy atom. The van der Waals surface area contributed by atoms with E-state index in [1.165, 1.54) is 4.88 Å². The van der Waals surface area contributed by atoms with E-state index < -0.39 is 0 Å². The average Bonchev–Trinajstić information content (AvgIpc) is 2.94. The summed E-state index contributed by atoms with van der Waals surface area (Å²) in [5.41, 5.74) is 2.23. The van der Waals surface area contributed by atoms with Crippen molar-refractivity contribution in [3.05, 3.63) is 39.3 Å². The molecule has 0 aromatic carbocycles. The fourth-order valence-electron chi connectivity index (χ4n) is 2.01. The Bertz CT molecular complexity index is 597. The summed E-state index contributed by atoms with van der Waals surface area (Å²) in [7, 11) is 1.93. The first-order valence-corrected chi connectivity index (χ1v) is 7.72. The molecule has 0 saturated carbocycles. The van der Waals surface area contributed by atoms with Crippen molar-refractivity contribution in [2.75, 3.05) is 0 Å². The number of aryl methyl sites for hydroxylation is 3. The molecule has 0 spiro atoms. The Balaban J connectivity index is 2.00. The average molecular weight is 290 g/mol. The van der Waals surface area contributed by atoms with Gasteiger partial charge in [-0.2, -0.15) is 5.10 Å². The third-order valence-corrected chi connectivity index (χ3v) is 4.94. The highest BCUT2D eigenvalue weighted by Crippen LogP contribution is 2.30. The Hall–Kier alpha value is -1.42. The zero-order valence-electron chi connectivity index (χ0n) is 12.9. The molecule has 0 unspecified atom stereocenters. The van der Waals surface area contributed by atoms with Crippen molar-refractivity contribution in [3.8, 4) is 0 Å². The first kappa shape index (κ1) is 15.0. The lowest BCUT2D eigenvalue weighted by Crippen LogP contribution is -2.08. The zero-order valence-corrected chi connectivity index (χ0v) is 13.7. The third-order valence-electron chi connectivity index (χ3n) is 3.39. The predicted molar refractivity (Wildman–Crippen MR) is 83.6 cm³/mol. The molecular formula is C16H22N2OS. The van der Waals surface area contributed by atoms with Crippen molar-refractivity contribution in [1.29, 1.82) is 0 Å². The van der Waals surface area contributed by atoms with Crippen LogP contribution in [-0.2, 0) is 18.9 Å². The van der Waals surface area contributed by atoms with Crippen LogP contribution in [0.2, 0.25) is 0 Å². The molecule has 2 heterocycles. The van der Waals surface area contributed by atoms with Crippen molar-refractivity contribution >= 4 is 17.1 Å². The van der Waals surface area contributed by atoms with Gasteiger partial charge in [-0.25, -0.2) is 0 Å². The number of hydrogen-bond acceptors (Lipinski definition) is 3. The van der Waals surface area contributed by atoms with Gasteiger partial charge in [0.1, 0.15) is 0 Å². The van der Waals surface area contributed by atoms with E-state index in [9.17, 15) is 4.79 Å². The van der Waals surface area contributed by atoms with Gasteiger partial charge in [-0.3, -0.25) is 9.48 Å². The molecule has 108 valence electrons. The number of carbonyl (C=O) groups is 1. The van der Waals surface area contributed by atoms with Gasteiger partial charge in [0.05, 0.1) is 10.6 Å². The number of rotatable bonds is 4. The molecule has 0 aliphatic rings. The molecule has 0 N–H and O–H groups in total. The summed E-state index contributed by atoms with van der Waals surface area (Å²) in [6.07, 6.45) is 1.24. The van der Waals surface area contributed by atoms with E-state index in [0.29, 0.717) is 12.8 Å². The van der Waals surface area contributed by atoms with E-state index >= 15 is 0 Å². The van der Waals surface area contributed by atoms with Gasteiger partial charge in [0.25, 0.3) is 0 Å².